The normalized spacial score (nSPS) is 26.2. The molecular weight excluding hydrogens is 612 g/mol. The summed E-state index contributed by atoms with van der Waals surface area (Å²) in [4.78, 5) is 82.7. The average molecular weight is 647 g/mol. The van der Waals surface area contributed by atoms with E-state index in [0.29, 0.717) is 34.7 Å². The van der Waals surface area contributed by atoms with Crippen molar-refractivity contribution in [2.45, 2.75) is 39.5 Å². The van der Waals surface area contributed by atoms with Crippen LogP contribution in [0.1, 0.15) is 65.8 Å². The van der Waals surface area contributed by atoms with Crippen LogP contribution < -0.4 is 14.5 Å². The van der Waals surface area contributed by atoms with Crippen LogP contribution in [0.4, 0.5) is 11.4 Å². The zero-order valence-electron chi connectivity index (χ0n) is 26.7. The van der Waals surface area contributed by atoms with Crippen molar-refractivity contribution < 1.29 is 38.6 Å². The minimum absolute atomic E-state index is 0.137. The average Bonchev–Trinajstić information content (AvgIpc) is 3.48. The van der Waals surface area contributed by atoms with Crippen LogP contribution in [-0.4, -0.2) is 46.9 Å². The minimum Gasteiger partial charge on any atom is -0.504 e. The molecule has 6 atom stereocenters. The molecule has 0 bridgehead atoms. The Hall–Kier alpha value is -5.38. The summed E-state index contributed by atoms with van der Waals surface area (Å²) < 4.78 is 5.69. The largest absolute Gasteiger partial charge is 0.504 e. The van der Waals surface area contributed by atoms with Gasteiger partial charge >= 0.3 is 0 Å². The summed E-state index contributed by atoms with van der Waals surface area (Å²) in [5, 5.41) is 11.5. The number of carbonyl (C=O) groups excluding carboxylic acids is 6. The first-order valence-electron chi connectivity index (χ1n) is 16.2. The molecule has 10 heteroatoms. The van der Waals surface area contributed by atoms with Gasteiger partial charge in [-0.1, -0.05) is 23.8 Å². The van der Waals surface area contributed by atoms with Crippen molar-refractivity contribution in [3.63, 3.8) is 0 Å². The van der Waals surface area contributed by atoms with Gasteiger partial charge in [-0.3, -0.25) is 38.6 Å². The van der Waals surface area contributed by atoms with Crippen molar-refractivity contribution in [1.82, 2.24) is 0 Å². The molecule has 1 saturated carbocycles. The molecule has 1 N–H and O–H groups in total. The Morgan fingerprint density at radius 3 is 1.81 bits per heavy atom. The second kappa shape index (κ2) is 11.7. The Balaban J connectivity index is 1.32. The second-order valence-corrected chi connectivity index (χ2v) is 12.9. The van der Waals surface area contributed by atoms with Crippen LogP contribution in [0.2, 0.25) is 0 Å². The maximum atomic E-state index is 14.4. The van der Waals surface area contributed by atoms with Crippen LogP contribution in [0.3, 0.4) is 0 Å². The van der Waals surface area contributed by atoms with E-state index in [-0.39, 0.29) is 41.8 Å². The number of imide groups is 2. The Kier molecular flexibility index (Phi) is 7.61. The van der Waals surface area contributed by atoms with Crippen molar-refractivity contribution in [2.75, 3.05) is 16.4 Å². The summed E-state index contributed by atoms with van der Waals surface area (Å²) in [6, 6.07) is 17.7. The van der Waals surface area contributed by atoms with Crippen LogP contribution in [0.25, 0.3) is 0 Å². The monoisotopic (exact) mass is 646 g/mol. The number of Topliss-reactive ketones (excluding diaryl/α,β-unsaturated/α-hetero) is 2. The fraction of sp³-hybridized carbons (Fsp3) is 0.316. The molecule has 0 spiro atoms. The van der Waals surface area contributed by atoms with E-state index in [1.165, 1.54) is 18.7 Å². The molecule has 4 aliphatic rings. The van der Waals surface area contributed by atoms with Gasteiger partial charge in [0.15, 0.2) is 23.1 Å². The van der Waals surface area contributed by atoms with Crippen molar-refractivity contribution >= 4 is 46.6 Å². The first kappa shape index (κ1) is 31.2. The highest BCUT2D eigenvalue weighted by atomic mass is 16.5. The number of rotatable bonds is 7. The fourth-order valence-corrected chi connectivity index (χ4v) is 8.20. The van der Waals surface area contributed by atoms with Gasteiger partial charge in [0.05, 0.1) is 41.7 Å². The number of phenolic OH excluding ortho intramolecular Hbond substituents is 1. The molecule has 48 heavy (non-hydrogen) atoms. The lowest BCUT2D eigenvalue weighted by Crippen LogP contribution is -2.43. The molecule has 0 radical (unpaired) electrons. The molecule has 2 heterocycles. The van der Waals surface area contributed by atoms with Crippen molar-refractivity contribution in [2.24, 2.45) is 29.6 Å². The maximum Gasteiger partial charge on any atom is 0.238 e. The predicted octanol–water partition coefficient (Wildman–Crippen LogP) is 5.24. The number of phenols is 1. The van der Waals surface area contributed by atoms with Crippen molar-refractivity contribution in [3.05, 3.63) is 95.1 Å². The highest BCUT2D eigenvalue weighted by Crippen LogP contribution is 2.59. The summed E-state index contributed by atoms with van der Waals surface area (Å²) >= 11 is 0. The van der Waals surface area contributed by atoms with Gasteiger partial charge in [-0.25, -0.2) is 0 Å². The lowest BCUT2D eigenvalue weighted by molar-refractivity contribution is -0.126. The van der Waals surface area contributed by atoms with Crippen molar-refractivity contribution in [3.8, 4) is 11.5 Å². The lowest BCUT2D eigenvalue weighted by atomic mass is 9.57. The van der Waals surface area contributed by atoms with Crippen molar-refractivity contribution in [1.29, 1.82) is 0 Å². The molecule has 3 aromatic rings. The van der Waals surface area contributed by atoms with E-state index >= 15 is 0 Å². The number of ketones is 2. The molecule has 2 saturated heterocycles. The standard InChI is InChI=1S/C38H34N2O8/c1-4-48-30-7-5-6-26(34(30)43)31-25-16-17-27-32(37(46)39(35(27)44)23-12-8-21(9-13-23)19(2)41)28(25)18-29-33(31)38(47)40(36(29)45)24-14-10-22(11-15-24)20(3)42/h5-16,27-29,31-33,43H,4,17-18H2,1-3H3/t27-,28+,29+,31+,32-,33+/m0/s1. The number of amides is 4. The fourth-order valence-electron chi connectivity index (χ4n) is 8.20. The van der Waals surface area contributed by atoms with Gasteiger partial charge < -0.3 is 9.84 Å². The molecule has 2 aliphatic heterocycles. The number of carbonyl (C=O) groups is 6. The third-order valence-electron chi connectivity index (χ3n) is 10.4. The number of ether oxygens (including phenoxy) is 1. The first-order valence-corrected chi connectivity index (χ1v) is 16.2. The second-order valence-electron chi connectivity index (χ2n) is 12.9. The summed E-state index contributed by atoms with van der Waals surface area (Å²) in [6.07, 6.45) is 2.33. The number of benzene rings is 3. The molecule has 3 fully saturated rings. The predicted molar refractivity (Wildman–Crippen MR) is 175 cm³/mol. The zero-order valence-corrected chi connectivity index (χ0v) is 26.7. The molecule has 4 amide bonds. The summed E-state index contributed by atoms with van der Waals surface area (Å²) in [6.45, 7) is 4.96. The van der Waals surface area contributed by atoms with Gasteiger partial charge in [0.2, 0.25) is 23.6 Å². The highest BCUT2D eigenvalue weighted by Gasteiger charge is 2.62. The van der Waals surface area contributed by atoms with Crippen LogP contribution in [0, 0.1) is 29.6 Å². The molecule has 2 aliphatic carbocycles. The van der Waals surface area contributed by atoms with E-state index in [0.717, 1.165) is 10.5 Å². The van der Waals surface area contributed by atoms with E-state index in [9.17, 15) is 33.9 Å². The van der Waals surface area contributed by atoms with Gasteiger partial charge in [0, 0.05) is 22.6 Å². The van der Waals surface area contributed by atoms with E-state index in [1.54, 1.807) is 73.7 Å². The van der Waals surface area contributed by atoms with Crippen LogP contribution in [-0.2, 0) is 19.2 Å². The van der Waals surface area contributed by atoms with Gasteiger partial charge in [0.25, 0.3) is 0 Å². The number of aromatic hydroxyl groups is 1. The summed E-state index contributed by atoms with van der Waals surface area (Å²) in [5.41, 5.74) is 2.75. The van der Waals surface area contributed by atoms with Gasteiger partial charge in [0.1, 0.15) is 0 Å². The van der Waals surface area contributed by atoms with E-state index < -0.39 is 53.2 Å². The maximum absolute atomic E-state index is 14.4. The van der Waals surface area contributed by atoms with Crippen LogP contribution in [0.15, 0.2) is 78.4 Å². The number of hydrogen-bond acceptors (Lipinski definition) is 8. The highest BCUT2D eigenvalue weighted by molar-refractivity contribution is 6.24. The minimum atomic E-state index is -0.880. The van der Waals surface area contributed by atoms with Crippen LogP contribution in [0.5, 0.6) is 11.5 Å². The Morgan fingerprint density at radius 1 is 0.729 bits per heavy atom. The number of allylic oxidation sites excluding steroid dienone is 2. The smallest absolute Gasteiger partial charge is 0.238 e. The Labute approximate surface area is 277 Å². The summed E-state index contributed by atoms with van der Waals surface area (Å²) in [5.74, 6) is -6.28. The van der Waals surface area contributed by atoms with E-state index in [2.05, 4.69) is 0 Å². The molecule has 0 unspecified atom stereocenters. The third-order valence-corrected chi connectivity index (χ3v) is 10.4. The Bertz CT molecular complexity index is 1930. The third kappa shape index (κ3) is 4.69. The number of nitrogens with zero attached hydrogens (tertiary/aromatic N) is 2. The summed E-state index contributed by atoms with van der Waals surface area (Å²) in [7, 11) is 0. The first-order chi connectivity index (χ1) is 23.0. The molecule has 7 rings (SSSR count). The molecule has 244 valence electrons. The number of hydrogen-bond donors (Lipinski definition) is 1. The molecule has 0 aromatic heterocycles. The van der Waals surface area contributed by atoms with Gasteiger partial charge in [-0.2, -0.15) is 0 Å². The zero-order chi connectivity index (χ0) is 34.0. The van der Waals surface area contributed by atoms with E-state index in [1.807, 2.05) is 6.08 Å². The van der Waals surface area contributed by atoms with E-state index in [4.69, 9.17) is 4.74 Å². The molecule has 10 nitrogen and oxygen atoms in total. The molecule has 3 aromatic carbocycles. The van der Waals surface area contributed by atoms with Crippen LogP contribution >= 0.6 is 0 Å². The number of para-hydroxylation sites is 1. The number of anilines is 2. The Morgan fingerprint density at radius 2 is 1.27 bits per heavy atom. The quantitative estimate of drug-likeness (QED) is 0.209. The van der Waals surface area contributed by atoms with Gasteiger partial charge in [-0.15, -0.1) is 0 Å². The lowest BCUT2D eigenvalue weighted by Gasteiger charge is -2.44. The number of fused-ring (bicyclic) bond motifs is 4. The van der Waals surface area contributed by atoms with Gasteiger partial charge in [-0.05, 0) is 94.1 Å². The SMILES string of the molecule is CCOc1cccc([C@H]2C3=CC[C@@H]4C(=O)N(c5ccc(C(C)=O)cc5)C(=O)[C@@H]4[C@@H]3C[C@H]3C(=O)N(c4ccc(C(C)=O)cc4)C(=O)[C@@H]23)c1O. The topological polar surface area (TPSA) is 138 Å². The molecular formula is C38H34N2O8.